The first-order valence-electron chi connectivity index (χ1n) is 12.2. The average Bonchev–Trinajstić information content (AvgIpc) is 3.57. The molecule has 41 heavy (non-hydrogen) atoms. The van der Waals surface area contributed by atoms with Crippen molar-refractivity contribution in [1.29, 1.82) is 0 Å². The molecule has 0 spiro atoms. The molecule has 0 amide bonds. The van der Waals surface area contributed by atoms with E-state index in [9.17, 15) is 19.0 Å². The van der Waals surface area contributed by atoms with Crippen molar-refractivity contribution < 1.29 is 41.8 Å². The van der Waals surface area contributed by atoms with E-state index < -0.39 is 68.4 Å². The second-order valence-electron chi connectivity index (χ2n) is 9.47. The Morgan fingerprint density at radius 3 is 2.71 bits per heavy atom. The molecule has 0 radical (unpaired) electrons. The van der Waals surface area contributed by atoms with E-state index in [4.69, 9.17) is 33.3 Å². The fourth-order valence-electron chi connectivity index (χ4n) is 4.90. The molecule has 2 saturated heterocycles. The molecule has 5 heterocycles. The number of fused-ring (bicyclic) bond motifs is 4. The minimum Gasteiger partial charge on any atom is -0.474 e. The second-order valence-corrected chi connectivity index (χ2v) is 15.2. The number of aromatic nitrogens is 7. The highest BCUT2D eigenvalue weighted by atomic mass is 32.7. The molecule has 0 unspecified atom stereocenters. The number of aromatic amines is 1. The van der Waals surface area contributed by atoms with E-state index in [2.05, 4.69) is 54.7 Å². The number of hydrogen-bond acceptors (Lipinski definition) is 16. The lowest BCUT2D eigenvalue weighted by molar-refractivity contribution is -0.0548. The van der Waals surface area contributed by atoms with Crippen molar-refractivity contribution in [1.82, 2.24) is 34.9 Å². The van der Waals surface area contributed by atoms with Gasteiger partial charge in [-0.15, -0.1) is 5.10 Å². The number of H-pyrrole nitrogens is 1. The zero-order chi connectivity index (χ0) is 28.9. The van der Waals surface area contributed by atoms with Crippen LogP contribution in [0.4, 0.5) is 5.95 Å². The molecule has 3 fully saturated rings. The standard InChI is InChI=1S/C19H24N8O10P2S2/c20-19-23-16-13(17(29)24-19)25-26-27(16)18-15-14(28)11(35-18)6-33-38(30,40)36-10-4-9(34-12-1-2-21-7-22-12)3-8(10)5-32-39(31,41)37-15/h1-2,7-11,14-15,18,28H,3-6H2,(H,30,40)(H,31,41)(H3,20,23,24,29)/t8-,9-,10+,11-,14-,15-,18-,38+,39+/m1/s1. The van der Waals surface area contributed by atoms with Gasteiger partial charge in [-0.1, -0.05) is 29.7 Å². The number of hydrogen-bond donors (Lipinski definition) is 5. The van der Waals surface area contributed by atoms with Crippen LogP contribution in [-0.4, -0.2) is 83.8 Å². The van der Waals surface area contributed by atoms with Crippen LogP contribution in [0, 0.1) is 5.92 Å². The van der Waals surface area contributed by atoms with Crippen molar-refractivity contribution in [3.8, 4) is 5.88 Å². The highest BCUT2D eigenvalue weighted by Gasteiger charge is 2.51. The Bertz CT molecular complexity index is 1580. The Morgan fingerprint density at radius 1 is 1.15 bits per heavy atom. The monoisotopic (exact) mass is 650 g/mol. The van der Waals surface area contributed by atoms with Crippen molar-refractivity contribution in [2.45, 2.75) is 49.6 Å². The maximum absolute atomic E-state index is 13.4. The van der Waals surface area contributed by atoms with Crippen LogP contribution < -0.4 is 16.0 Å². The number of ether oxygens (including phenoxy) is 2. The maximum Gasteiger partial charge on any atom is 0.386 e. The lowest BCUT2D eigenvalue weighted by atomic mass is 10.1. The second kappa shape index (κ2) is 11.2. The predicted octanol–water partition coefficient (Wildman–Crippen LogP) is 0.896. The van der Waals surface area contributed by atoms with Gasteiger partial charge >= 0.3 is 13.6 Å². The van der Waals surface area contributed by atoms with E-state index in [1.165, 1.54) is 12.5 Å². The SMILES string of the molecule is Nc1nc2c(nnn2[C@@H]2O[C@@H]3CO[P@](=O)(S)O[C@H]4C[C@H](Oc5ccncn5)C[C@@H]4CO[P@](=O)(S)O[C@@H]2[C@@H]3O)c(=O)[nH]1. The number of aliphatic hydroxyl groups is 1. The van der Waals surface area contributed by atoms with Crippen molar-refractivity contribution in [2.24, 2.45) is 5.92 Å². The van der Waals surface area contributed by atoms with Crippen LogP contribution in [0.15, 0.2) is 23.4 Å². The molecule has 6 rings (SSSR count). The van der Waals surface area contributed by atoms with Crippen LogP contribution in [0.25, 0.3) is 11.2 Å². The third-order valence-electron chi connectivity index (χ3n) is 6.71. The topological polar surface area (TPSA) is 238 Å². The zero-order valence-electron chi connectivity index (χ0n) is 20.8. The number of anilines is 1. The smallest absolute Gasteiger partial charge is 0.386 e. The van der Waals surface area contributed by atoms with Gasteiger partial charge < -0.3 is 24.8 Å². The number of nitrogen functional groups attached to an aromatic ring is 1. The number of thiol groups is 2. The van der Waals surface area contributed by atoms with Crippen molar-refractivity contribution in [2.75, 3.05) is 18.9 Å². The van der Waals surface area contributed by atoms with Crippen molar-refractivity contribution in [3.63, 3.8) is 0 Å². The van der Waals surface area contributed by atoms with Gasteiger partial charge in [0.25, 0.3) is 5.56 Å². The van der Waals surface area contributed by atoms with Gasteiger partial charge in [0.2, 0.25) is 11.8 Å². The van der Waals surface area contributed by atoms with Crippen LogP contribution in [0.2, 0.25) is 0 Å². The van der Waals surface area contributed by atoms with E-state index in [0.717, 1.165) is 4.68 Å². The Balaban J connectivity index is 1.28. The van der Waals surface area contributed by atoms with Crippen LogP contribution in [0.1, 0.15) is 19.1 Å². The average molecular weight is 651 g/mol. The Hall–Kier alpha value is -2.12. The van der Waals surface area contributed by atoms with E-state index in [0.29, 0.717) is 12.3 Å². The summed E-state index contributed by atoms with van der Waals surface area (Å²) in [5, 5.41) is 18.7. The van der Waals surface area contributed by atoms with Gasteiger partial charge in [-0.3, -0.25) is 23.3 Å². The Morgan fingerprint density at radius 2 is 1.93 bits per heavy atom. The summed E-state index contributed by atoms with van der Waals surface area (Å²) in [6.45, 7) is -8.90. The molecular weight excluding hydrogens is 626 g/mol. The maximum atomic E-state index is 13.4. The van der Waals surface area contributed by atoms with E-state index in [-0.39, 0.29) is 30.1 Å². The minimum absolute atomic E-state index is 0.0959. The largest absolute Gasteiger partial charge is 0.474 e. The lowest BCUT2D eigenvalue weighted by Crippen LogP contribution is -2.35. The molecule has 9 atom stereocenters. The summed E-state index contributed by atoms with van der Waals surface area (Å²) in [4.78, 5) is 26.5. The first-order chi connectivity index (χ1) is 19.5. The molecule has 18 nitrogen and oxygen atoms in total. The summed E-state index contributed by atoms with van der Waals surface area (Å²) in [6, 6.07) is 1.59. The van der Waals surface area contributed by atoms with E-state index in [1.54, 1.807) is 6.07 Å². The van der Waals surface area contributed by atoms with Gasteiger partial charge in [0.05, 0.1) is 19.3 Å². The summed E-state index contributed by atoms with van der Waals surface area (Å²) in [6.07, 6.45) is -3.19. The first kappa shape index (κ1) is 29.0. The van der Waals surface area contributed by atoms with Gasteiger partial charge in [-0.25, -0.2) is 19.1 Å². The normalized spacial score (nSPS) is 38.1. The van der Waals surface area contributed by atoms with Crippen LogP contribution in [-0.2, 0) is 32.0 Å². The molecular formula is C19H24N8O10P2S2. The third-order valence-corrected chi connectivity index (χ3v) is 9.97. The molecule has 1 saturated carbocycles. The number of nitrogens with two attached hydrogens (primary N) is 1. The lowest BCUT2D eigenvalue weighted by Gasteiger charge is -2.26. The third kappa shape index (κ3) is 6.17. The summed E-state index contributed by atoms with van der Waals surface area (Å²) in [5.74, 6) is -0.377. The molecule has 0 aromatic carbocycles. The number of nitrogens with zero attached hydrogens (tertiary/aromatic N) is 6. The Kier molecular flexibility index (Phi) is 7.90. The highest BCUT2D eigenvalue weighted by Crippen LogP contribution is 2.60. The van der Waals surface area contributed by atoms with Crippen LogP contribution >= 0.6 is 38.1 Å². The van der Waals surface area contributed by atoms with Gasteiger partial charge in [0.1, 0.15) is 30.7 Å². The Labute approximate surface area is 241 Å². The highest BCUT2D eigenvalue weighted by molar-refractivity contribution is 8.44. The summed E-state index contributed by atoms with van der Waals surface area (Å²) >= 11 is 8.22. The molecule has 3 aromatic rings. The fraction of sp³-hybridized carbons (Fsp3) is 0.579. The molecule has 1 aliphatic carbocycles. The van der Waals surface area contributed by atoms with E-state index in [1.807, 2.05) is 0 Å². The van der Waals surface area contributed by atoms with Gasteiger partial charge in [-0.2, -0.15) is 9.67 Å². The summed E-state index contributed by atoms with van der Waals surface area (Å²) < 4.78 is 61.9. The van der Waals surface area contributed by atoms with Crippen molar-refractivity contribution >= 4 is 55.2 Å². The van der Waals surface area contributed by atoms with E-state index >= 15 is 0 Å². The number of rotatable bonds is 3. The minimum atomic E-state index is -4.19. The summed E-state index contributed by atoms with van der Waals surface area (Å²) in [7, 11) is 0. The number of aliphatic hydroxyl groups excluding tert-OH is 1. The summed E-state index contributed by atoms with van der Waals surface area (Å²) in [5.41, 5.74) is 4.74. The molecule has 222 valence electrons. The zero-order valence-corrected chi connectivity index (χ0v) is 24.4. The fourth-order valence-corrected chi connectivity index (χ4v) is 7.96. The van der Waals surface area contributed by atoms with Gasteiger partial charge in [-0.05, 0) is 6.42 Å². The van der Waals surface area contributed by atoms with Crippen molar-refractivity contribution in [3.05, 3.63) is 28.9 Å². The molecule has 2 aliphatic heterocycles. The van der Waals surface area contributed by atoms with Gasteiger partial charge in [0.15, 0.2) is 17.4 Å². The molecule has 3 aliphatic rings. The number of nitrogens with one attached hydrogen (secondary N) is 1. The van der Waals surface area contributed by atoms with Crippen LogP contribution in [0.3, 0.4) is 0 Å². The quantitative estimate of drug-likeness (QED) is 0.195. The molecule has 2 bridgehead atoms. The molecule has 4 N–H and O–H groups in total. The first-order valence-corrected chi connectivity index (χ1v) is 17.6. The van der Waals surface area contributed by atoms with Gasteiger partial charge in [0, 0.05) is 24.6 Å². The van der Waals surface area contributed by atoms with Crippen LogP contribution in [0.5, 0.6) is 5.88 Å². The molecule has 3 aromatic heterocycles. The predicted molar refractivity (Wildman–Crippen MR) is 144 cm³/mol. The molecule has 22 heteroatoms.